The molecule has 7 rings (SSSR count). The first-order valence-corrected chi connectivity index (χ1v) is 27.0. The van der Waals surface area contributed by atoms with Crippen LogP contribution in [0.1, 0.15) is 86.9 Å². The molecular formula is C58H69N11O8S. The molecule has 1 fully saturated rings. The molecule has 20 heteroatoms. The summed E-state index contributed by atoms with van der Waals surface area (Å²) in [5, 5.41) is 39.1. The van der Waals surface area contributed by atoms with Crippen LogP contribution in [0.4, 0.5) is 5.82 Å². The number of nitrogens with one attached hydrogen (secondary N) is 5. The van der Waals surface area contributed by atoms with Gasteiger partial charge in [0.25, 0.3) is 0 Å². The lowest BCUT2D eigenvalue weighted by Gasteiger charge is -2.35. The summed E-state index contributed by atoms with van der Waals surface area (Å²) in [5.41, 5.74) is 8.08. The SMILES string of the molecule is Cc1ncsc1-c1ccc(CNC(=O)[C@@H]2C[C@@H](O)CN2C(=O)[C@@H](NC(=O)COCCOCCNC(=O)CCCn2cc(-c3ccc(NC(=O)[C@H](NC[C@@H](C)c4ccc(C#N)cc4)c4ccccc4)nc3)cn2)C(C)(C)C)cc1. The summed E-state index contributed by atoms with van der Waals surface area (Å²) >= 11 is 1.56. The molecule has 0 radical (unpaired) electrons. The van der Waals surface area contributed by atoms with Crippen molar-refractivity contribution in [3.05, 3.63) is 143 Å². The van der Waals surface area contributed by atoms with E-state index in [2.05, 4.69) is 54.6 Å². The number of amides is 5. The topological polar surface area (TPSA) is 255 Å². The van der Waals surface area contributed by atoms with Crippen LogP contribution in [0.3, 0.4) is 0 Å². The summed E-state index contributed by atoms with van der Waals surface area (Å²) in [5.74, 6) is -1.25. The Hall–Kier alpha value is -7.67. The summed E-state index contributed by atoms with van der Waals surface area (Å²) in [6.07, 6.45) is 5.31. The largest absolute Gasteiger partial charge is 0.391 e. The number of aryl methyl sites for hydroxylation is 2. The van der Waals surface area contributed by atoms with E-state index in [4.69, 9.17) is 14.7 Å². The second-order valence-electron chi connectivity index (χ2n) is 20.4. The van der Waals surface area contributed by atoms with Gasteiger partial charge in [0.1, 0.15) is 30.6 Å². The number of thiazole rings is 1. The Bertz CT molecular complexity index is 2970. The molecule has 6 N–H and O–H groups in total. The second-order valence-corrected chi connectivity index (χ2v) is 21.2. The molecule has 1 aliphatic heterocycles. The molecule has 78 heavy (non-hydrogen) atoms. The first-order valence-electron chi connectivity index (χ1n) is 26.1. The van der Waals surface area contributed by atoms with Crippen LogP contribution < -0.4 is 26.6 Å². The van der Waals surface area contributed by atoms with Gasteiger partial charge in [-0.1, -0.05) is 94.4 Å². The minimum atomic E-state index is -0.994. The number of ether oxygens (including phenoxy) is 2. The Balaban J connectivity index is 0.756. The van der Waals surface area contributed by atoms with Crippen molar-refractivity contribution in [2.75, 3.05) is 51.4 Å². The molecule has 0 unspecified atom stereocenters. The number of hydrogen-bond donors (Lipinski definition) is 6. The number of aromatic nitrogens is 4. The van der Waals surface area contributed by atoms with Gasteiger partial charge in [0.2, 0.25) is 29.5 Å². The number of hydrogen-bond acceptors (Lipinski definition) is 14. The van der Waals surface area contributed by atoms with E-state index in [9.17, 15) is 29.1 Å². The van der Waals surface area contributed by atoms with Gasteiger partial charge >= 0.3 is 0 Å². The number of rotatable bonds is 26. The molecule has 3 aromatic heterocycles. The standard InChI is InChI=1S/C58H69N11O8S/c1-38(42-17-13-40(29-59)14-18-42)30-62-52(43-10-7-6-8-11-43)56(74)66-49-22-21-45(32-61-49)46-33-65-68(34-46)24-9-12-50(71)60-23-25-76-26-27-77-36-51(72)67-54(58(3,4)5)57(75)69-35-47(70)28-48(69)55(73)63-31-41-15-19-44(20-16-41)53-39(2)64-37-78-53/h6-8,10-11,13-22,32-34,37-38,47-48,52,54,62,70H,9,12,23-28,30-31,35-36H2,1-5H3,(H,60,71)(H,63,73)(H,67,72)(H,61,66,74)/t38-,47-,48+,52-,54-/m1/s1. The number of anilines is 1. The Morgan fingerprint density at radius 3 is 2.29 bits per heavy atom. The number of benzene rings is 3. The molecule has 0 spiro atoms. The quantitative estimate of drug-likeness (QED) is 0.0338. The fraction of sp³-hybridized carbons (Fsp3) is 0.397. The van der Waals surface area contributed by atoms with Crippen LogP contribution in [0.25, 0.3) is 21.6 Å². The average molecular weight is 1080 g/mol. The van der Waals surface area contributed by atoms with Crippen LogP contribution in [-0.2, 0) is 46.5 Å². The number of aliphatic hydroxyl groups is 1. The van der Waals surface area contributed by atoms with Crippen molar-refractivity contribution in [2.24, 2.45) is 5.41 Å². The molecule has 3 aromatic carbocycles. The average Bonchev–Trinajstić information content (AvgIpc) is 4.23. The van der Waals surface area contributed by atoms with Gasteiger partial charge in [0.15, 0.2) is 0 Å². The maximum absolute atomic E-state index is 14.0. The minimum absolute atomic E-state index is 0.0363. The maximum atomic E-state index is 14.0. The van der Waals surface area contributed by atoms with Crippen molar-refractivity contribution in [1.29, 1.82) is 5.26 Å². The van der Waals surface area contributed by atoms with E-state index in [1.54, 1.807) is 52.1 Å². The van der Waals surface area contributed by atoms with Gasteiger partial charge in [-0.15, -0.1) is 11.3 Å². The Kier molecular flexibility index (Phi) is 20.9. The third-order valence-corrected chi connectivity index (χ3v) is 14.3. The van der Waals surface area contributed by atoms with E-state index < -0.39 is 41.5 Å². The monoisotopic (exact) mass is 1080 g/mol. The highest BCUT2D eigenvalue weighted by Gasteiger charge is 2.44. The Labute approximate surface area is 459 Å². The number of carbonyl (C=O) groups is 5. The number of nitriles is 1. The van der Waals surface area contributed by atoms with Crippen molar-refractivity contribution >= 4 is 46.7 Å². The Morgan fingerprint density at radius 1 is 0.859 bits per heavy atom. The molecule has 0 aliphatic carbocycles. The van der Waals surface area contributed by atoms with E-state index in [-0.39, 0.29) is 82.5 Å². The molecule has 19 nitrogen and oxygen atoms in total. The molecule has 4 heterocycles. The Morgan fingerprint density at radius 2 is 1.60 bits per heavy atom. The molecular weight excluding hydrogens is 1010 g/mol. The van der Waals surface area contributed by atoms with Crippen LogP contribution in [0.2, 0.25) is 0 Å². The molecule has 5 amide bonds. The number of aliphatic hydroxyl groups excluding tert-OH is 1. The van der Waals surface area contributed by atoms with E-state index in [0.29, 0.717) is 30.9 Å². The second kappa shape index (κ2) is 28.1. The van der Waals surface area contributed by atoms with Gasteiger partial charge in [-0.25, -0.2) is 9.97 Å². The van der Waals surface area contributed by atoms with Crippen molar-refractivity contribution < 1.29 is 38.6 Å². The zero-order valence-corrected chi connectivity index (χ0v) is 45.6. The molecule has 0 saturated carbocycles. The van der Waals surface area contributed by atoms with Crippen molar-refractivity contribution in [1.82, 2.24) is 45.9 Å². The third-order valence-electron chi connectivity index (χ3n) is 13.3. The van der Waals surface area contributed by atoms with Gasteiger partial charge < -0.3 is 46.1 Å². The molecule has 5 atom stereocenters. The number of pyridine rings is 1. The van der Waals surface area contributed by atoms with Gasteiger partial charge in [0.05, 0.1) is 59.8 Å². The van der Waals surface area contributed by atoms with E-state index in [1.165, 1.54) is 4.90 Å². The number of nitrogens with zero attached hydrogens (tertiary/aromatic N) is 6. The highest BCUT2D eigenvalue weighted by Crippen LogP contribution is 2.29. The summed E-state index contributed by atoms with van der Waals surface area (Å²) in [6, 6.07) is 28.0. The van der Waals surface area contributed by atoms with Crippen molar-refractivity contribution in [3.63, 3.8) is 0 Å². The fourth-order valence-corrected chi connectivity index (χ4v) is 9.71. The predicted octanol–water partition coefficient (Wildman–Crippen LogP) is 6.06. The van der Waals surface area contributed by atoms with Crippen LogP contribution in [0.15, 0.2) is 115 Å². The van der Waals surface area contributed by atoms with Crippen LogP contribution in [0.5, 0.6) is 0 Å². The summed E-state index contributed by atoms with van der Waals surface area (Å²) in [7, 11) is 0. The van der Waals surface area contributed by atoms with E-state index >= 15 is 0 Å². The first kappa shape index (κ1) is 58.0. The van der Waals surface area contributed by atoms with E-state index in [0.717, 1.165) is 44.0 Å². The zero-order valence-electron chi connectivity index (χ0n) is 44.7. The van der Waals surface area contributed by atoms with Gasteiger partial charge in [0, 0.05) is 69.1 Å². The lowest BCUT2D eigenvalue weighted by atomic mass is 9.85. The summed E-state index contributed by atoms with van der Waals surface area (Å²) in [6.45, 7) is 11.2. The van der Waals surface area contributed by atoms with Gasteiger partial charge in [-0.2, -0.15) is 10.4 Å². The highest BCUT2D eigenvalue weighted by atomic mass is 32.1. The normalized spacial score (nSPS) is 15.4. The minimum Gasteiger partial charge on any atom is -0.391 e. The number of carbonyl (C=O) groups excluding carboxylic acids is 5. The van der Waals surface area contributed by atoms with Crippen molar-refractivity contribution in [2.45, 2.75) is 97.1 Å². The van der Waals surface area contributed by atoms with E-state index in [1.807, 2.05) is 107 Å². The van der Waals surface area contributed by atoms with Crippen molar-refractivity contribution in [3.8, 4) is 27.6 Å². The van der Waals surface area contributed by atoms with Gasteiger partial charge in [-0.05, 0) is 71.2 Å². The molecule has 0 bridgehead atoms. The van der Waals surface area contributed by atoms with Gasteiger partial charge in [-0.3, -0.25) is 28.7 Å². The number of β-amino-alcohol motifs (C(OH)–C–C–N with tert-alkyl or cyclic N) is 1. The number of likely N-dealkylation sites (tertiary alicyclic amines) is 1. The molecule has 1 saturated heterocycles. The lowest BCUT2D eigenvalue weighted by Crippen LogP contribution is -2.58. The lowest BCUT2D eigenvalue weighted by molar-refractivity contribution is -0.144. The molecule has 1 aliphatic rings. The fourth-order valence-electron chi connectivity index (χ4n) is 8.90. The predicted molar refractivity (Wildman–Crippen MR) is 296 cm³/mol. The molecule has 410 valence electrons. The summed E-state index contributed by atoms with van der Waals surface area (Å²) < 4.78 is 12.9. The highest BCUT2D eigenvalue weighted by molar-refractivity contribution is 7.13. The van der Waals surface area contributed by atoms with Crippen LogP contribution >= 0.6 is 11.3 Å². The maximum Gasteiger partial charge on any atom is 0.247 e. The summed E-state index contributed by atoms with van der Waals surface area (Å²) in [4.78, 5) is 77.9. The smallest absolute Gasteiger partial charge is 0.247 e. The molecule has 6 aromatic rings. The van der Waals surface area contributed by atoms with Crippen LogP contribution in [0, 0.1) is 23.7 Å². The zero-order chi connectivity index (χ0) is 55.6. The first-order chi connectivity index (χ1) is 37.6. The van der Waals surface area contributed by atoms with Crippen LogP contribution in [-0.4, -0.2) is 124 Å². The third kappa shape index (κ3) is 16.7.